The van der Waals surface area contributed by atoms with Crippen molar-refractivity contribution in [3.8, 4) is 0 Å². The third-order valence-corrected chi connectivity index (χ3v) is 0.615. The fourth-order valence-electron chi connectivity index (χ4n) is 0.320. The van der Waals surface area contributed by atoms with E-state index in [1.54, 1.807) is 0 Å². The maximum atomic E-state index is 11.6. The van der Waals surface area contributed by atoms with E-state index in [2.05, 4.69) is 4.42 Å². The van der Waals surface area contributed by atoms with Crippen molar-refractivity contribution in [1.82, 2.24) is 0 Å². The van der Waals surface area contributed by atoms with Gasteiger partial charge in [-0.05, 0) is 0 Å². The Labute approximate surface area is 42.7 Å². The number of furan rings is 1. The highest BCUT2D eigenvalue weighted by molar-refractivity contribution is 4.90. The lowest BCUT2D eigenvalue weighted by Crippen LogP contribution is -1.66. The van der Waals surface area contributed by atoms with Gasteiger partial charge in [0.15, 0.2) is 0 Å². The van der Waals surface area contributed by atoms with Crippen molar-refractivity contribution in [1.29, 1.82) is 0 Å². The first-order chi connectivity index (χ1) is 3.70. The Morgan fingerprint density at radius 2 is 1.88 bits per heavy atom. The van der Waals surface area contributed by atoms with E-state index >= 15 is 0 Å². The molecule has 1 aromatic heterocycles. The van der Waals surface area contributed by atoms with E-state index in [-0.39, 0.29) is 0 Å². The van der Waals surface area contributed by atoms with Crippen molar-refractivity contribution in [2.75, 3.05) is 0 Å². The highest BCUT2D eigenvalue weighted by atomic mass is 19.2. The zero-order chi connectivity index (χ0) is 6.15. The summed E-state index contributed by atoms with van der Waals surface area (Å²) >= 11 is 0. The van der Waals surface area contributed by atoms with Crippen molar-refractivity contribution in [3.63, 3.8) is 0 Å². The molecule has 1 nitrogen and oxygen atoms in total. The van der Waals surface area contributed by atoms with Crippen molar-refractivity contribution in [3.05, 3.63) is 23.9 Å². The molecular weight excluding hydrogens is 121 g/mol. The number of rotatable bonds is 0. The second-order valence-electron chi connectivity index (χ2n) is 1.17. The molecule has 0 aliphatic rings. The van der Waals surface area contributed by atoms with Crippen LogP contribution >= 0.6 is 0 Å². The summed E-state index contributed by atoms with van der Waals surface area (Å²) in [7, 11) is 0. The standard InChI is InChI=1S/C4HF3O/c5-2-1-3(6)8-4(2)7/h1H. The maximum Gasteiger partial charge on any atom is 0.316 e. The molecule has 1 heterocycles. The third-order valence-electron chi connectivity index (χ3n) is 0.615. The molecule has 1 aromatic rings. The van der Waals surface area contributed by atoms with Crippen LogP contribution in [0.2, 0.25) is 0 Å². The molecule has 0 N–H and O–H groups in total. The van der Waals surface area contributed by atoms with Gasteiger partial charge in [-0.1, -0.05) is 0 Å². The minimum atomic E-state index is -1.51. The summed E-state index contributed by atoms with van der Waals surface area (Å²) < 4.78 is 38.2. The molecule has 0 saturated carbocycles. The molecule has 0 aliphatic carbocycles. The highest BCUT2D eigenvalue weighted by Crippen LogP contribution is 2.08. The van der Waals surface area contributed by atoms with Gasteiger partial charge >= 0.3 is 6.01 Å². The molecule has 0 saturated heterocycles. The summed E-state index contributed by atoms with van der Waals surface area (Å²) in [6.07, 6.45) is 0. The molecule has 0 bridgehead atoms. The van der Waals surface area contributed by atoms with E-state index in [4.69, 9.17) is 0 Å². The first kappa shape index (κ1) is 5.21. The zero-order valence-electron chi connectivity index (χ0n) is 3.62. The number of halogens is 3. The van der Waals surface area contributed by atoms with Crippen LogP contribution in [0.25, 0.3) is 0 Å². The number of hydrogen-bond donors (Lipinski definition) is 0. The van der Waals surface area contributed by atoms with E-state index in [1.165, 1.54) is 0 Å². The summed E-state index contributed by atoms with van der Waals surface area (Å²) in [4.78, 5) is 0. The molecule has 4 heteroatoms. The topological polar surface area (TPSA) is 13.1 Å². The zero-order valence-corrected chi connectivity index (χ0v) is 3.62. The average molecular weight is 122 g/mol. The fraction of sp³-hybridized carbons (Fsp3) is 0. The van der Waals surface area contributed by atoms with Crippen LogP contribution in [0.1, 0.15) is 0 Å². The van der Waals surface area contributed by atoms with Crippen molar-refractivity contribution < 1.29 is 17.6 Å². The van der Waals surface area contributed by atoms with Gasteiger partial charge in [-0.2, -0.15) is 13.2 Å². The largest absolute Gasteiger partial charge is 0.402 e. The van der Waals surface area contributed by atoms with E-state index in [0.717, 1.165) is 0 Å². The Hall–Kier alpha value is -0.930. The lowest BCUT2D eigenvalue weighted by Gasteiger charge is -1.70. The minimum Gasteiger partial charge on any atom is -0.402 e. The van der Waals surface area contributed by atoms with Gasteiger partial charge in [-0.15, -0.1) is 0 Å². The van der Waals surface area contributed by atoms with Crippen molar-refractivity contribution in [2.24, 2.45) is 0 Å². The number of hydrogen-bond acceptors (Lipinski definition) is 1. The van der Waals surface area contributed by atoms with Gasteiger partial charge in [-0.25, -0.2) is 0 Å². The quantitative estimate of drug-likeness (QED) is 0.510. The SMILES string of the molecule is Fc1cc(F)c(F)o1. The monoisotopic (exact) mass is 122 g/mol. The average Bonchev–Trinajstić information content (AvgIpc) is 1.85. The van der Waals surface area contributed by atoms with E-state index in [0.29, 0.717) is 6.07 Å². The van der Waals surface area contributed by atoms with Gasteiger partial charge < -0.3 is 4.42 Å². The first-order valence-electron chi connectivity index (χ1n) is 1.80. The highest BCUT2D eigenvalue weighted by Gasteiger charge is 2.07. The normalized spacial score (nSPS) is 9.88. The summed E-state index contributed by atoms with van der Waals surface area (Å²) in [5, 5.41) is 0. The van der Waals surface area contributed by atoms with E-state index < -0.39 is 17.8 Å². The predicted octanol–water partition coefficient (Wildman–Crippen LogP) is 1.70. The van der Waals surface area contributed by atoms with Gasteiger partial charge in [-0.3, -0.25) is 0 Å². The van der Waals surface area contributed by atoms with Crippen molar-refractivity contribution in [2.45, 2.75) is 0 Å². The second-order valence-corrected chi connectivity index (χ2v) is 1.17. The summed E-state index contributed by atoms with van der Waals surface area (Å²) in [6, 6.07) is -2.43. The molecule has 0 fully saturated rings. The van der Waals surface area contributed by atoms with Gasteiger partial charge in [0.05, 0.1) is 6.07 Å². The minimum absolute atomic E-state index is 0.329. The van der Waals surface area contributed by atoms with Crippen LogP contribution in [0, 0.1) is 17.8 Å². The van der Waals surface area contributed by atoms with Crippen molar-refractivity contribution >= 4 is 0 Å². The molecular formula is C4HF3O. The Morgan fingerprint density at radius 1 is 1.25 bits per heavy atom. The van der Waals surface area contributed by atoms with Crippen LogP contribution < -0.4 is 0 Å². The Balaban J connectivity index is 3.14. The van der Waals surface area contributed by atoms with Crippen LogP contribution in [0.15, 0.2) is 10.5 Å². The molecule has 0 spiro atoms. The van der Waals surface area contributed by atoms with E-state index in [9.17, 15) is 13.2 Å². The molecule has 0 unspecified atom stereocenters. The molecule has 0 atom stereocenters. The Kier molecular flexibility index (Phi) is 1.00. The summed E-state index contributed by atoms with van der Waals surface area (Å²) in [5.74, 6) is -1.30. The third kappa shape index (κ3) is 0.685. The summed E-state index contributed by atoms with van der Waals surface area (Å²) in [5.41, 5.74) is 0. The second kappa shape index (κ2) is 1.54. The Bertz CT molecular complexity index is 174. The molecule has 1 rings (SSSR count). The first-order valence-corrected chi connectivity index (χ1v) is 1.80. The lowest BCUT2D eigenvalue weighted by molar-refractivity contribution is 0.254. The van der Waals surface area contributed by atoms with Gasteiger partial charge in [0.2, 0.25) is 5.82 Å². The molecule has 8 heavy (non-hydrogen) atoms. The molecule has 0 radical (unpaired) electrons. The fourth-order valence-corrected chi connectivity index (χ4v) is 0.320. The van der Waals surface area contributed by atoms with Crippen LogP contribution in [0.4, 0.5) is 13.2 Å². The molecule has 0 aliphatic heterocycles. The Morgan fingerprint density at radius 3 is 2.00 bits per heavy atom. The van der Waals surface area contributed by atoms with Gasteiger partial charge in [0.25, 0.3) is 6.01 Å². The summed E-state index contributed by atoms with van der Waals surface area (Å²) in [6.45, 7) is 0. The van der Waals surface area contributed by atoms with Crippen LogP contribution in [-0.4, -0.2) is 0 Å². The predicted molar refractivity (Wildman–Crippen MR) is 18.6 cm³/mol. The maximum absolute atomic E-state index is 11.6. The van der Waals surface area contributed by atoms with Gasteiger partial charge in [0, 0.05) is 0 Å². The molecule has 0 aromatic carbocycles. The smallest absolute Gasteiger partial charge is 0.316 e. The van der Waals surface area contributed by atoms with Gasteiger partial charge in [0.1, 0.15) is 0 Å². The van der Waals surface area contributed by atoms with E-state index in [1.807, 2.05) is 0 Å². The van der Waals surface area contributed by atoms with Crippen LogP contribution in [0.3, 0.4) is 0 Å². The lowest BCUT2D eigenvalue weighted by atomic mass is 10.6. The molecule has 0 amide bonds. The molecule has 44 valence electrons. The van der Waals surface area contributed by atoms with Crippen LogP contribution in [0.5, 0.6) is 0 Å². The van der Waals surface area contributed by atoms with Crippen LogP contribution in [-0.2, 0) is 0 Å².